The van der Waals surface area contributed by atoms with Gasteiger partial charge in [-0.15, -0.1) is 0 Å². The summed E-state index contributed by atoms with van der Waals surface area (Å²) in [5.41, 5.74) is 0.875. The van der Waals surface area contributed by atoms with Crippen molar-refractivity contribution < 1.29 is 4.79 Å². The minimum Gasteiger partial charge on any atom is -0.299 e. The molecule has 18 heavy (non-hydrogen) atoms. The number of halogens is 2. The van der Waals surface area contributed by atoms with Gasteiger partial charge in [0, 0.05) is 22.4 Å². The van der Waals surface area contributed by atoms with Gasteiger partial charge >= 0.3 is 0 Å². The van der Waals surface area contributed by atoms with Gasteiger partial charge in [0.2, 0.25) is 0 Å². The second-order valence-electron chi connectivity index (χ2n) is 5.58. The van der Waals surface area contributed by atoms with Crippen LogP contribution in [0.3, 0.4) is 0 Å². The van der Waals surface area contributed by atoms with E-state index in [1.165, 1.54) is 25.7 Å². The summed E-state index contributed by atoms with van der Waals surface area (Å²) < 4.78 is 0. The molecule has 3 heteroatoms. The number of benzene rings is 1. The molecule has 2 aliphatic rings. The minimum atomic E-state index is 0.292. The van der Waals surface area contributed by atoms with Crippen molar-refractivity contribution in [1.82, 2.24) is 0 Å². The minimum absolute atomic E-state index is 0.292. The molecular weight excluding hydrogens is 267 g/mol. The van der Waals surface area contributed by atoms with Crippen LogP contribution in [0.2, 0.25) is 10.0 Å². The number of carbonyl (C=O) groups is 1. The first kappa shape index (κ1) is 12.5. The summed E-state index contributed by atoms with van der Waals surface area (Å²) in [5.74, 6) is 1.97. The van der Waals surface area contributed by atoms with Gasteiger partial charge in [0.05, 0.1) is 0 Å². The third-order valence-electron chi connectivity index (χ3n) is 4.00. The van der Waals surface area contributed by atoms with E-state index in [0.717, 1.165) is 5.56 Å². The number of ketones is 1. The van der Waals surface area contributed by atoms with Crippen LogP contribution in [-0.2, 0) is 11.2 Å². The van der Waals surface area contributed by atoms with Crippen molar-refractivity contribution in [1.29, 1.82) is 0 Å². The van der Waals surface area contributed by atoms with Crippen LogP contribution in [0.1, 0.15) is 31.2 Å². The Hall–Kier alpha value is -0.530. The van der Waals surface area contributed by atoms with Crippen LogP contribution in [0, 0.1) is 17.8 Å². The maximum absolute atomic E-state index is 12.4. The van der Waals surface area contributed by atoms with Crippen LogP contribution in [0.15, 0.2) is 18.2 Å². The van der Waals surface area contributed by atoms with Gasteiger partial charge in [-0.05, 0) is 61.3 Å². The van der Waals surface area contributed by atoms with Gasteiger partial charge in [-0.3, -0.25) is 4.79 Å². The van der Waals surface area contributed by atoms with E-state index in [-0.39, 0.29) is 0 Å². The zero-order valence-electron chi connectivity index (χ0n) is 10.2. The van der Waals surface area contributed by atoms with Crippen molar-refractivity contribution in [3.63, 3.8) is 0 Å². The first-order chi connectivity index (χ1) is 8.65. The lowest BCUT2D eigenvalue weighted by Crippen LogP contribution is -2.21. The van der Waals surface area contributed by atoms with Gasteiger partial charge in [0.15, 0.2) is 0 Å². The smallest absolute Gasteiger partial charge is 0.140 e. The van der Waals surface area contributed by atoms with E-state index in [0.29, 0.717) is 40.0 Å². The highest BCUT2D eigenvalue weighted by Crippen LogP contribution is 2.50. The van der Waals surface area contributed by atoms with Crippen LogP contribution in [0.25, 0.3) is 0 Å². The molecule has 0 heterocycles. The maximum Gasteiger partial charge on any atom is 0.140 e. The molecule has 0 unspecified atom stereocenters. The molecule has 1 nitrogen and oxygen atoms in total. The summed E-state index contributed by atoms with van der Waals surface area (Å²) in [6.07, 6.45) is 5.37. The lowest BCUT2D eigenvalue weighted by molar-refractivity contribution is -0.123. The summed E-state index contributed by atoms with van der Waals surface area (Å²) in [4.78, 5) is 12.4. The Balaban J connectivity index is 1.74. The van der Waals surface area contributed by atoms with Crippen LogP contribution in [0.4, 0.5) is 0 Å². The molecule has 0 bridgehead atoms. The van der Waals surface area contributed by atoms with Gasteiger partial charge < -0.3 is 0 Å². The fraction of sp³-hybridized carbons (Fsp3) is 0.533. The van der Waals surface area contributed by atoms with Gasteiger partial charge in [0.25, 0.3) is 0 Å². The summed E-state index contributed by atoms with van der Waals surface area (Å²) in [7, 11) is 0. The van der Waals surface area contributed by atoms with Gasteiger partial charge in [-0.25, -0.2) is 0 Å². The van der Waals surface area contributed by atoms with Crippen molar-refractivity contribution >= 4 is 29.0 Å². The van der Waals surface area contributed by atoms with E-state index in [1.807, 2.05) is 6.07 Å². The van der Waals surface area contributed by atoms with E-state index in [9.17, 15) is 4.79 Å². The molecule has 0 spiro atoms. The molecule has 3 rings (SSSR count). The Bertz CT molecular complexity index is 463. The number of Topliss-reactive ketones (excluding diaryl/α,β-unsaturated/α-hetero) is 1. The van der Waals surface area contributed by atoms with E-state index in [1.54, 1.807) is 12.1 Å². The van der Waals surface area contributed by atoms with Crippen LogP contribution in [0.5, 0.6) is 0 Å². The average Bonchev–Trinajstić information content (AvgIpc) is 3.17. The van der Waals surface area contributed by atoms with E-state index in [2.05, 4.69) is 0 Å². The fourth-order valence-corrected chi connectivity index (χ4v) is 3.18. The van der Waals surface area contributed by atoms with Crippen molar-refractivity contribution in [2.75, 3.05) is 0 Å². The SMILES string of the molecule is O=C(Cc1cc(Cl)ccc1Cl)C(C1CC1)C1CC1. The second kappa shape index (κ2) is 4.86. The van der Waals surface area contributed by atoms with E-state index in [4.69, 9.17) is 23.2 Å². The van der Waals surface area contributed by atoms with Crippen molar-refractivity contribution in [2.24, 2.45) is 17.8 Å². The third kappa shape index (κ3) is 2.73. The lowest BCUT2D eigenvalue weighted by Gasteiger charge is -2.14. The topological polar surface area (TPSA) is 17.1 Å². The normalized spacial score (nSPS) is 19.3. The highest BCUT2D eigenvalue weighted by Gasteiger charge is 2.45. The molecule has 0 amide bonds. The number of hydrogen-bond acceptors (Lipinski definition) is 1. The molecule has 0 aliphatic heterocycles. The predicted octanol–water partition coefficient (Wildman–Crippen LogP) is 4.54. The largest absolute Gasteiger partial charge is 0.299 e. The van der Waals surface area contributed by atoms with Crippen molar-refractivity contribution in [3.8, 4) is 0 Å². The summed E-state index contributed by atoms with van der Waals surface area (Å²) in [6, 6.07) is 5.35. The Kier molecular flexibility index (Phi) is 3.38. The number of carbonyl (C=O) groups excluding carboxylic acids is 1. The molecule has 2 fully saturated rings. The predicted molar refractivity (Wildman–Crippen MR) is 74.1 cm³/mol. The van der Waals surface area contributed by atoms with Crippen LogP contribution in [-0.4, -0.2) is 5.78 Å². The Morgan fingerprint density at radius 2 is 1.78 bits per heavy atom. The maximum atomic E-state index is 12.4. The molecule has 1 aromatic carbocycles. The zero-order chi connectivity index (χ0) is 12.7. The molecule has 0 atom stereocenters. The first-order valence-corrected chi connectivity index (χ1v) is 7.37. The van der Waals surface area contributed by atoms with E-state index < -0.39 is 0 Å². The molecular formula is C15H16Cl2O. The Morgan fingerprint density at radius 1 is 1.17 bits per heavy atom. The average molecular weight is 283 g/mol. The van der Waals surface area contributed by atoms with Gasteiger partial charge in [-0.1, -0.05) is 23.2 Å². The highest BCUT2D eigenvalue weighted by atomic mass is 35.5. The van der Waals surface area contributed by atoms with Crippen molar-refractivity contribution in [3.05, 3.63) is 33.8 Å². The fourth-order valence-electron chi connectivity index (χ4n) is 2.81. The monoisotopic (exact) mass is 282 g/mol. The van der Waals surface area contributed by atoms with Crippen LogP contribution < -0.4 is 0 Å². The first-order valence-electron chi connectivity index (χ1n) is 6.62. The Morgan fingerprint density at radius 3 is 2.33 bits per heavy atom. The standard InChI is InChI=1S/C15H16Cl2O/c16-12-5-6-13(17)11(7-12)8-14(18)15(9-1-2-9)10-3-4-10/h5-7,9-10,15H,1-4,8H2. The molecule has 0 radical (unpaired) electrons. The zero-order valence-corrected chi connectivity index (χ0v) is 11.7. The van der Waals surface area contributed by atoms with Crippen molar-refractivity contribution in [2.45, 2.75) is 32.1 Å². The summed E-state index contributed by atoms with van der Waals surface area (Å²) >= 11 is 12.1. The molecule has 2 saturated carbocycles. The second-order valence-corrected chi connectivity index (χ2v) is 6.42. The van der Waals surface area contributed by atoms with E-state index >= 15 is 0 Å². The Labute approximate surface area is 117 Å². The molecule has 96 valence electrons. The van der Waals surface area contributed by atoms with Gasteiger partial charge in [0.1, 0.15) is 5.78 Å². The summed E-state index contributed by atoms with van der Waals surface area (Å²) in [6.45, 7) is 0. The number of rotatable bonds is 5. The van der Waals surface area contributed by atoms with Crippen LogP contribution >= 0.6 is 23.2 Å². The molecule has 0 aromatic heterocycles. The highest BCUT2D eigenvalue weighted by molar-refractivity contribution is 6.33. The summed E-state index contributed by atoms with van der Waals surface area (Å²) in [5, 5.41) is 1.30. The molecule has 2 aliphatic carbocycles. The number of hydrogen-bond donors (Lipinski definition) is 0. The lowest BCUT2D eigenvalue weighted by atomic mass is 9.89. The molecule has 0 N–H and O–H groups in total. The molecule has 0 saturated heterocycles. The molecule has 1 aromatic rings. The van der Waals surface area contributed by atoms with Gasteiger partial charge in [-0.2, -0.15) is 0 Å². The third-order valence-corrected chi connectivity index (χ3v) is 4.61. The quantitative estimate of drug-likeness (QED) is 0.775.